The number of rotatable bonds is 7. The second kappa shape index (κ2) is 7.37. The van der Waals surface area contributed by atoms with Crippen molar-refractivity contribution in [2.75, 3.05) is 29.9 Å². The van der Waals surface area contributed by atoms with Crippen LogP contribution < -0.4 is 10.2 Å². The molecule has 1 heterocycles. The maximum absolute atomic E-state index is 14.1. The summed E-state index contributed by atoms with van der Waals surface area (Å²) >= 11 is 0. The van der Waals surface area contributed by atoms with Crippen LogP contribution in [0.1, 0.15) is 45.4 Å². The molecule has 1 aliphatic heterocycles. The van der Waals surface area contributed by atoms with E-state index in [0.717, 1.165) is 37.4 Å². The highest BCUT2D eigenvalue weighted by molar-refractivity contribution is 5.56. The number of unbranched alkanes of at least 4 members (excludes halogenated alkanes) is 3. The van der Waals surface area contributed by atoms with E-state index in [4.69, 9.17) is 0 Å². The number of halogens is 1. The molecular weight excluding hydrogens is 239 g/mol. The van der Waals surface area contributed by atoms with Gasteiger partial charge in [0.2, 0.25) is 0 Å². The third kappa shape index (κ3) is 4.12. The molecular formula is C16H25FN2. The summed E-state index contributed by atoms with van der Waals surface area (Å²) in [6.07, 6.45) is 7.29. The van der Waals surface area contributed by atoms with E-state index >= 15 is 0 Å². The molecule has 0 atom stereocenters. The molecule has 1 aromatic carbocycles. The van der Waals surface area contributed by atoms with Crippen LogP contribution in [0, 0.1) is 5.82 Å². The summed E-state index contributed by atoms with van der Waals surface area (Å²) < 4.78 is 14.1. The van der Waals surface area contributed by atoms with Crippen molar-refractivity contribution in [1.82, 2.24) is 0 Å². The van der Waals surface area contributed by atoms with E-state index in [1.54, 1.807) is 6.07 Å². The van der Waals surface area contributed by atoms with Crippen LogP contribution in [-0.2, 0) is 0 Å². The zero-order valence-corrected chi connectivity index (χ0v) is 11.9. The number of hydrogen-bond donors (Lipinski definition) is 1. The summed E-state index contributed by atoms with van der Waals surface area (Å²) in [5.41, 5.74) is 1.66. The third-order valence-corrected chi connectivity index (χ3v) is 3.75. The molecule has 0 spiro atoms. The Kier molecular flexibility index (Phi) is 5.49. The van der Waals surface area contributed by atoms with Crippen molar-refractivity contribution in [2.24, 2.45) is 0 Å². The van der Waals surface area contributed by atoms with Crippen LogP contribution in [0.15, 0.2) is 18.2 Å². The SMILES string of the molecule is CCCCCCNc1ccc(N2CCCC2)c(F)c1. The quantitative estimate of drug-likeness (QED) is 0.733. The molecule has 0 unspecified atom stereocenters. The molecule has 1 aliphatic rings. The molecule has 3 heteroatoms. The zero-order chi connectivity index (χ0) is 13.5. The molecule has 0 radical (unpaired) electrons. The van der Waals surface area contributed by atoms with E-state index in [-0.39, 0.29) is 5.82 Å². The Hall–Kier alpha value is -1.25. The van der Waals surface area contributed by atoms with Crippen molar-refractivity contribution in [3.63, 3.8) is 0 Å². The van der Waals surface area contributed by atoms with Crippen molar-refractivity contribution < 1.29 is 4.39 Å². The number of nitrogens with zero attached hydrogens (tertiary/aromatic N) is 1. The Morgan fingerprint density at radius 3 is 2.63 bits per heavy atom. The first-order chi connectivity index (χ1) is 9.31. The molecule has 1 saturated heterocycles. The van der Waals surface area contributed by atoms with Gasteiger partial charge in [0.1, 0.15) is 5.82 Å². The van der Waals surface area contributed by atoms with Gasteiger partial charge in [0, 0.05) is 25.3 Å². The van der Waals surface area contributed by atoms with Crippen LogP contribution >= 0.6 is 0 Å². The fourth-order valence-corrected chi connectivity index (χ4v) is 2.62. The molecule has 0 saturated carbocycles. The maximum atomic E-state index is 14.1. The Bertz CT molecular complexity index is 386. The lowest BCUT2D eigenvalue weighted by Gasteiger charge is -2.19. The maximum Gasteiger partial charge on any atom is 0.148 e. The zero-order valence-electron chi connectivity index (χ0n) is 11.9. The number of anilines is 2. The van der Waals surface area contributed by atoms with Gasteiger partial charge in [0.25, 0.3) is 0 Å². The van der Waals surface area contributed by atoms with E-state index in [1.807, 2.05) is 12.1 Å². The van der Waals surface area contributed by atoms with Crippen LogP contribution in [-0.4, -0.2) is 19.6 Å². The van der Waals surface area contributed by atoms with Crippen molar-refractivity contribution in [2.45, 2.75) is 45.4 Å². The van der Waals surface area contributed by atoms with E-state index in [1.165, 1.54) is 32.1 Å². The number of nitrogens with one attached hydrogen (secondary N) is 1. The molecule has 0 amide bonds. The topological polar surface area (TPSA) is 15.3 Å². The van der Waals surface area contributed by atoms with E-state index < -0.39 is 0 Å². The second-order valence-corrected chi connectivity index (χ2v) is 5.35. The fraction of sp³-hybridized carbons (Fsp3) is 0.625. The molecule has 0 bridgehead atoms. The first-order valence-electron chi connectivity index (χ1n) is 7.59. The first kappa shape index (κ1) is 14.2. The smallest absolute Gasteiger partial charge is 0.148 e. The third-order valence-electron chi connectivity index (χ3n) is 3.75. The van der Waals surface area contributed by atoms with Gasteiger partial charge in [-0.3, -0.25) is 0 Å². The minimum atomic E-state index is -0.0968. The minimum absolute atomic E-state index is 0.0968. The molecule has 19 heavy (non-hydrogen) atoms. The van der Waals surface area contributed by atoms with Gasteiger partial charge in [-0.1, -0.05) is 26.2 Å². The highest BCUT2D eigenvalue weighted by atomic mass is 19.1. The van der Waals surface area contributed by atoms with Gasteiger partial charge in [-0.25, -0.2) is 4.39 Å². The van der Waals surface area contributed by atoms with Gasteiger partial charge >= 0.3 is 0 Å². The summed E-state index contributed by atoms with van der Waals surface area (Å²) in [5, 5.41) is 3.30. The fourth-order valence-electron chi connectivity index (χ4n) is 2.62. The summed E-state index contributed by atoms with van der Waals surface area (Å²) in [4.78, 5) is 2.14. The molecule has 2 nitrogen and oxygen atoms in total. The van der Waals surface area contributed by atoms with Crippen molar-refractivity contribution in [3.05, 3.63) is 24.0 Å². The summed E-state index contributed by atoms with van der Waals surface area (Å²) in [6, 6.07) is 5.54. The van der Waals surface area contributed by atoms with Gasteiger partial charge in [0.15, 0.2) is 0 Å². The van der Waals surface area contributed by atoms with Gasteiger partial charge < -0.3 is 10.2 Å². The number of benzene rings is 1. The van der Waals surface area contributed by atoms with Crippen LogP contribution in [0.25, 0.3) is 0 Å². The van der Waals surface area contributed by atoms with Gasteiger partial charge in [0.05, 0.1) is 5.69 Å². The van der Waals surface area contributed by atoms with Gasteiger partial charge in [-0.2, -0.15) is 0 Å². The molecule has 0 aromatic heterocycles. The summed E-state index contributed by atoms with van der Waals surface area (Å²) in [5.74, 6) is -0.0968. The lowest BCUT2D eigenvalue weighted by atomic mass is 10.2. The second-order valence-electron chi connectivity index (χ2n) is 5.35. The lowest BCUT2D eigenvalue weighted by Crippen LogP contribution is -2.19. The molecule has 2 rings (SSSR count). The predicted octanol–water partition coefficient (Wildman–Crippen LogP) is 4.42. The predicted molar refractivity (Wildman–Crippen MR) is 80.5 cm³/mol. The lowest BCUT2D eigenvalue weighted by molar-refractivity contribution is 0.623. The highest BCUT2D eigenvalue weighted by Gasteiger charge is 2.15. The Morgan fingerprint density at radius 2 is 1.95 bits per heavy atom. The number of hydrogen-bond acceptors (Lipinski definition) is 2. The molecule has 1 fully saturated rings. The minimum Gasteiger partial charge on any atom is -0.385 e. The summed E-state index contributed by atoms with van der Waals surface area (Å²) in [6.45, 7) is 5.11. The van der Waals surface area contributed by atoms with E-state index in [2.05, 4.69) is 17.1 Å². The van der Waals surface area contributed by atoms with E-state index in [9.17, 15) is 4.39 Å². The van der Waals surface area contributed by atoms with Crippen LogP contribution in [0.5, 0.6) is 0 Å². The first-order valence-corrected chi connectivity index (χ1v) is 7.59. The van der Waals surface area contributed by atoms with Crippen molar-refractivity contribution in [3.8, 4) is 0 Å². The average Bonchev–Trinajstić information content (AvgIpc) is 2.92. The average molecular weight is 264 g/mol. The molecule has 0 aliphatic carbocycles. The monoisotopic (exact) mass is 264 g/mol. The normalized spacial score (nSPS) is 14.9. The summed E-state index contributed by atoms with van der Waals surface area (Å²) in [7, 11) is 0. The molecule has 1 aromatic rings. The Morgan fingerprint density at radius 1 is 1.16 bits per heavy atom. The van der Waals surface area contributed by atoms with Gasteiger partial charge in [-0.15, -0.1) is 0 Å². The largest absolute Gasteiger partial charge is 0.385 e. The van der Waals surface area contributed by atoms with Crippen LogP contribution in [0.4, 0.5) is 15.8 Å². The van der Waals surface area contributed by atoms with Crippen LogP contribution in [0.2, 0.25) is 0 Å². The molecule has 106 valence electrons. The Labute approximate surface area is 116 Å². The highest BCUT2D eigenvalue weighted by Crippen LogP contribution is 2.26. The van der Waals surface area contributed by atoms with E-state index in [0.29, 0.717) is 0 Å². The van der Waals surface area contributed by atoms with Gasteiger partial charge in [-0.05, 0) is 37.5 Å². The Balaban J connectivity index is 1.84. The van der Waals surface area contributed by atoms with Crippen LogP contribution in [0.3, 0.4) is 0 Å². The van der Waals surface area contributed by atoms with Crippen molar-refractivity contribution >= 4 is 11.4 Å². The standard InChI is InChI=1S/C16H25FN2/c1-2-3-4-5-10-18-14-8-9-16(15(17)13-14)19-11-6-7-12-19/h8-9,13,18H,2-7,10-12H2,1H3. The van der Waals surface area contributed by atoms with Crippen molar-refractivity contribution in [1.29, 1.82) is 0 Å². The molecule has 1 N–H and O–H groups in total.